The molecule has 1 aromatic rings. The lowest BCUT2D eigenvalue weighted by Crippen LogP contribution is -2.05. The fourth-order valence-corrected chi connectivity index (χ4v) is 0.889. The molecule has 0 aromatic carbocycles. The van der Waals surface area contributed by atoms with Crippen LogP contribution in [0.2, 0.25) is 5.15 Å². The van der Waals surface area contributed by atoms with Gasteiger partial charge in [-0.15, -0.1) is 0 Å². The van der Waals surface area contributed by atoms with Crippen LogP contribution in [0.25, 0.3) is 0 Å². The molecule has 0 amide bonds. The molecule has 0 fully saturated rings. The molecule has 0 aliphatic rings. The van der Waals surface area contributed by atoms with Crippen molar-refractivity contribution in [2.75, 3.05) is 0 Å². The third kappa shape index (κ3) is 1.71. The third-order valence-electron chi connectivity index (χ3n) is 1.34. The zero-order chi connectivity index (χ0) is 9.14. The monoisotopic (exact) mass is 186 g/mol. The Morgan fingerprint density at radius 3 is 2.92 bits per heavy atom. The van der Waals surface area contributed by atoms with Gasteiger partial charge in [0.2, 0.25) is 0 Å². The molecule has 0 radical (unpaired) electrons. The smallest absolute Gasteiger partial charge is 0.357 e. The molecule has 64 valence electrons. The van der Waals surface area contributed by atoms with Gasteiger partial charge in [-0.2, -0.15) is 0 Å². The highest BCUT2D eigenvalue weighted by molar-refractivity contribution is 6.31. The lowest BCUT2D eigenvalue weighted by Gasteiger charge is -1.98. The number of carboxylic acids is 1. The van der Waals surface area contributed by atoms with Crippen molar-refractivity contribution in [1.29, 1.82) is 0 Å². The zero-order valence-corrected chi connectivity index (χ0v) is 7.17. The summed E-state index contributed by atoms with van der Waals surface area (Å²) >= 11 is 5.49. The van der Waals surface area contributed by atoms with E-state index in [1.165, 1.54) is 6.20 Å². The van der Waals surface area contributed by atoms with Crippen LogP contribution in [0.5, 0.6) is 0 Å². The van der Waals surface area contributed by atoms with Crippen molar-refractivity contribution in [2.45, 2.75) is 13.3 Å². The van der Waals surface area contributed by atoms with E-state index in [0.29, 0.717) is 12.1 Å². The summed E-state index contributed by atoms with van der Waals surface area (Å²) < 4.78 is 0. The van der Waals surface area contributed by atoms with Gasteiger partial charge in [0.1, 0.15) is 0 Å². The number of aromatic nitrogens is 2. The van der Waals surface area contributed by atoms with Crippen LogP contribution in [-0.4, -0.2) is 21.0 Å². The minimum absolute atomic E-state index is 0.0697. The molecule has 0 atom stereocenters. The Kier molecular flexibility index (Phi) is 2.60. The van der Waals surface area contributed by atoms with Crippen LogP contribution in [0.1, 0.15) is 23.1 Å². The van der Waals surface area contributed by atoms with E-state index in [0.717, 1.165) is 0 Å². The van der Waals surface area contributed by atoms with Crippen LogP contribution in [0, 0.1) is 0 Å². The van der Waals surface area contributed by atoms with Crippen LogP contribution >= 0.6 is 11.6 Å². The van der Waals surface area contributed by atoms with E-state index in [2.05, 4.69) is 9.97 Å². The van der Waals surface area contributed by atoms with E-state index in [1.54, 1.807) is 0 Å². The molecule has 0 bridgehead atoms. The first-order chi connectivity index (χ1) is 5.65. The summed E-state index contributed by atoms with van der Waals surface area (Å²) in [7, 11) is 0. The van der Waals surface area contributed by atoms with Crippen molar-refractivity contribution < 1.29 is 9.90 Å². The van der Waals surface area contributed by atoms with Crippen molar-refractivity contribution in [3.05, 3.63) is 22.7 Å². The van der Waals surface area contributed by atoms with E-state index >= 15 is 0 Å². The molecule has 0 saturated carbocycles. The van der Waals surface area contributed by atoms with E-state index in [4.69, 9.17) is 16.7 Å². The van der Waals surface area contributed by atoms with Gasteiger partial charge in [0.15, 0.2) is 10.8 Å². The fourth-order valence-electron chi connectivity index (χ4n) is 0.717. The number of aryl methyl sites for hydroxylation is 1. The summed E-state index contributed by atoms with van der Waals surface area (Å²) in [4.78, 5) is 18.0. The SMILES string of the molecule is CCc1cnc(Cl)c(C(=O)O)n1. The molecule has 1 N–H and O–H groups in total. The molecule has 12 heavy (non-hydrogen) atoms. The molecule has 0 saturated heterocycles. The predicted octanol–water partition coefficient (Wildman–Crippen LogP) is 1.39. The highest BCUT2D eigenvalue weighted by Crippen LogP contribution is 2.10. The Morgan fingerprint density at radius 1 is 1.75 bits per heavy atom. The van der Waals surface area contributed by atoms with E-state index in [9.17, 15) is 4.79 Å². The van der Waals surface area contributed by atoms with Gasteiger partial charge in [0.25, 0.3) is 0 Å². The number of halogens is 1. The number of nitrogens with zero attached hydrogens (tertiary/aromatic N) is 2. The maximum atomic E-state index is 10.5. The standard InChI is InChI=1S/C7H7ClN2O2/c1-2-4-3-9-6(8)5(10-4)7(11)12/h3H,2H2,1H3,(H,11,12). The first kappa shape index (κ1) is 8.93. The molecule has 5 heteroatoms. The van der Waals surface area contributed by atoms with Crippen LogP contribution in [0.3, 0.4) is 0 Å². The molecule has 0 aliphatic heterocycles. The maximum Gasteiger partial charge on any atom is 0.357 e. The minimum Gasteiger partial charge on any atom is -0.476 e. The van der Waals surface area contributed by atoms with Crippen molar-refractivity contribution in [2.24, 2.45) is 0 Å². The second kappa shape index (κ2) is 3.49. The quantitative estimate of drug-likeness (QED) is 0.758. The van der Waals surface area contributed by atoms with E-state index < -0.39 is 5.97 Å². The highest BCUT2D eigenvalue weighted by atomic mass is 35.5. The number of hydrogen-bond donors (Lipinski definition) is 1. The molecule has 4 nitrogen and oxygen atoms in total. The third-order valence-corrected chi connectivity index (χ3v) is 1.62. The molecule has 0 unspecified atom stereocenters. The van der Waals surface area contributed by atoms with Crippen LogP contribution < -0.4 is 0 Å². The minimum atomic E-state index is -1.15. The summed E-state index contributed by atoms with van der Waals surface area (Å²) in [6.45, 7) is 1.86. The van der Waals surface area contributed by atoms with Gasteiger partial charge in [-0.25, -0.2) is 14.8 Å². The number of rotatable bonds is 2. The number of hydrogen-bond acceptors (Lipinski definition) is 3. The van der Waals surface area contributed by atoms with Gasteiger partial charge in [-0.3, -0.25) is 0 Å². The van der Waals surface area contributed by atoms with Gasteiger partial charge >= 0.3 is 5.97 Å². The fraction of sp³-hybridized carbons (Fsp3) is 0.286. The van der Waals surface area contributed by atoms with Gasteiger partial charge < -0.3 is 5.11 Å². The lowest BCUT2D eigenvalue weighted by atomic mass is 10.3. The summed E-state index contributed by atoms with van der Waals surface area (Å²) in [6, 6.07) is 0. The van der Waals surface area contributed by atoms with Crippen LogP contribution in [0.4, 0.5) is 0 Å². The molecule has 1 heterocycles. The number of carboxylic acid groups (broad SMARTS) is 1. The summed E-state index contributed by atoms with van der Waals surface area (Å²) in [5.74, 6) is -1.15. The Labute approximate surface area is 74.2 Å². The van der Waals surface area contributed by atoms with Crippen molar-refractivity contribution in [1.82, 2.24) is 9.97 Å². The number of carbonyl (C=O) groups is 1. The Bertz CT molecular complexity index is 314. The van der Waals surface area contributed by atoms with Gasteiger partial charge in [0.05, 0.1) is 11.9 Å². The summed E-state index contributed by atoms with van der Waals surface area (Å²) in [5.41, 5.74) is 0.438. The number of aromatic carboxylic acids is 1. The maximum absolute atomic E-state index is 10.5. The molecule has 1 aromatic heterocycles. The van der Waals surface area contributed by atoms with Gasteiger partial charge in [0, 0.05) is 0 Å². The predicted molar refractivity (Wildman–Crippen MR) is 43.4 cm³/mol. The molecular formula is C7H7ClN2O2. The van der Waals surface area contributed by atoms with Crippen molar-refractivity contribution in [3.63, 3.8) is 0 Å². The van der Waals surface area contributed by atoms with Crippen molar-refractivity contribution >= 4 is 17.6 Å². The summed E-state index contributed by atoms with van der Waals surface area (Å²) in [5, 5.41) is 8.53. The first-order valence-electron chi connectivity index (χ1n) is 3.40. The first-order valence-corrected chi connectivity index (χ1v) is 3.77. The Balaban J connectivity index is 3.17. The van der Waals surface area contributed by atoms with Crippen LogP contribution in [-0.2, 0) is 6.42 Å². The second-order valence-corrected chi connectivity index (χ2v) is 2.52. The highest BCUT2D eigenvalue weighted by Gasteiger charge is 2.11. The topological polar surface area (TPSA) is 63.1 Å². The second-order valence-electron chi connectivity index (χ2n) is 2.16. The molecule has 1 rings (SSSR count). The normalized spacial score (nSPS) is 9.83. The van der Waals surface area contributed by atoms with Crippen molar-refractivity contribution in [3.8, 4) is 0 Å². The molecule has 0 aliphatic carbocycles. The molecular weight excluding hydrogens is 180 g/mol. The average molecular weight is 187 g/mol. The Hall–Kier alpha value is -1.16. The van der Waals surface area contributed by atoms with Crippen LogP contribution in [0.15, 0.2) is 6.20 Å². The Morgan fingerprint density at radius 2 is 2.42 bits per heavy atom. The van der Waals surface area contributed by atoms with E-state index in [1.807, 2.05) is 6.92 Å². The zero-order valence-electron chi connectivity index (χ0n) is 6.41. The molecule has 0 spiro atoms. The average Bonchev–Trinajstić information content (AvgIpc) is 2.05. The summed E-state index contributed by atoms with van der Waals surface area (Å²) in [6.07, 6.45) is 2.11. The van der Waals surface area contributed by atoms with Gasteiger partial charge in [-0.1, -0.05) is 18.5 Å². The lowest BCUT2D eigenvalue weighted by molar-refractivity contribution is 0.0690. The van der Waals surface area contributed by atoms with Gasteiger partial charge in [-0.05, 0) is 6.42 Å². The van der Waals surface area contributed by atoms with E-state index in [-0.39, 0.29) is 10.8 Å². The largest absolute Gasteiger partial charge is 0.476 e.